The Balaban J connectivity index is 0.954. The molecule has 2 heterocycles. The van der Waals surface area contributed by atoms with Gasteiger partial charge in [-0.3, -0.25) is 4.98 Å². The van der Waals surface area contributed by atoms with Gasteiger partial charge in [0.1, 0.15) is 0 Å². The lowest BCUT2D eigenvalue weighted by Crippen LogP contribution is -2.28. The highest BCUT2D eigenvalue weighted by atomic mass is 16.6. The molecular weight excluding hydrogens is 671 g/mol. The zero-order valence-corrected chi connectivity index (χ0v) is 29.8. The lowest BCUT2D eigenvalue weighted by atomic mass is 9.67. The van der Waals surface area contributed by atoms with Gasteiger partial charge in [-0.25, -0.2) is 0 Å². The van der Waals surface area contributed by atoms with Gasteiger partial charge in [0, 0.05) is 17.1 Å². The maximum absolute atomic E-state index is 6.80. The standard InChI is InChI=1S/C52H33NO2/c1-3-16-40(17-4-1)52(41-18-5-2-6-19-41)45-22-8-7-20-43(45)44-32-49-50(33-46(44)52)55-48-31-39(27-28-47(48)54-49)38-14-9-13-37(30-38)34-23-25-35(26-24-34)42-21-10-12-36-15-11-29-53-51(36)42/h1-33H. The van der Waals surface area contributed by atoms with Crippen LogP contribution in [0.3, 0.4) is 0 Å². The second-order valence-electron chi connectivity index (χ2n) is 14.3. The summed E-state index contributed by atoms with van der Waals surface area (Å²) in [5, 5.41) is 1.14. The highest BCUT2D eigenvalue weighted by molar-refractivity contribution is 5.94. The summed E-state index contributed by atoms with van der Waals surface area (Å²) in [4.78, 5) is 4.66. The number of hydrogen-bond acceptors (Lipinski definition) is 3. The Morgan fingerprint density at radius 1 is 0.345 bits per heavy atom. The van der Waals surface area contributed by atoms with Crippen LogP contribution < -0.4 is 9.47 Å². The van der Waals surface area contributed by atoms with Gasteiger partial charge in [-0.05, 0) is 97.6 Å². The first-order valence-corrected chi connectivity index (χ1v) is 18.7. The number of pyridine rings is 1. The molecule has 3 nitrogen and oxygen atoms in total. The van der Waals surface area contributed by atoms with E-state index in [0.717, 1.165) is 55.6 Å². The Kier molecular flexibility index (Phi) is 7.08. The summed E-state index contributed by atoms with van der Waals surface area (Å²) >= 11 is 0. The minimum atomic E-state index is -0.515. The molecule has 1 aliphatic heterocycles. The average Bonchev–Trinajstić information content (AvgIpc) is 3.55. The molecule has 0 unspecified atom stereocenters. The Bertz CT molecular complexity index is 2870. The third-order valence-electron chi connectivity index (χ3n) is 11.3. The minimum absolute atomic E-state index is 0.515. The molecular formula is C52H33NO2. The molecule has 3 heteroatoms. The number of ether oxygens (including phenoxy) is 2. The van der Waals surface area contributed by atoms with E-state index in [9.17, 15) is 0 Å². The van der Waals surface area contributed by atoms with Crippen LogP contribution in [0.25, 0.3) is 55.4 Å². The average molecular weight is 704 g/mol. The normalized spacial score (nSPS) is 13.2. The summed E-state index contributed by atoms with van der Waals surface area (Å²) in [6, 6.07) is 68.9. The molecule has 0 spiro atoms. The number of aromatic nitrogens is 1. The van der Waals surface area contributed by atoms with E-state index in [4.69, 9.17) is 9.47 Å². The van der Waals surface area contributed by atoms with Gasteiger partial charge in [-0.1, -0.05) is 158 Å². The summed E-state index contributed by atoms with van der Waals surface area (Å²) < 4.78 is 13.4. The van der Waals surface area contributed by atoms with E-state index < -0.39 is 5.41 Å². The van der Waals surface area contributed by atoms with E-state index in [-0.39, 0.29) is 0 Å². The fourth-order valence-electron chi connectivity index (χ4n) is 8.75. The molecule has 0 saturated carbocycles. The first kappa shape index (κ1) is 31.3. The molecule has 0 radical (unpaired) electrons. The van der Waals surface area contributed by atoms with Crippen molar-refractivity contribution in [2.75, 3.05) is 0 Å². The second kappa shape index (κ2) is 12.4. The van der Waals surface area contributed by atoms with Crippen LogP contribution in [0.15, 0.2) is 200 Å². The van der Waals surface area contributed by atoms with Crippen LogP contribution in [0.5, 0.6) is 23.0 Å². The summed E-state index contributed by atoms with van der Waals surface area (Å²) in [6.07, 6.45) is 1.86. The van der Waals surface area contributed by atoms with E-state index >= 15 is 0 Å². The third kappa shape index (κ3) is 4.94. The van der Waals surface area contributed by atoms with Gasteiger partial charge in [0.05, 0.1) is 10.9 Å². The molecule has 1 aromatic heterocycles. The van der Waals surface area contributed by atoms with Crippen molar-refractivity contribution < 1.29 is 9.47 Å². The molecule has 8 aromatic carbocycles. The van der Waals surface area contributed by atoms with Crippen LogP contribution in [0, 0.1) is 0 Å². The van der Waals surface area contributed by atoms with Crippen molar-refractivity contribution in [1.29, 1.82) is 0 Å². The lowest BCUT2D eigenvalue weighted by molar-refractivity contribution is 0.359. The molecule has 0 N–H and O–H groups in total. The van der Waals surface area contributed by atoms with Crippen molar-refractivity contribution >= 4 is 10.9 Å². The highest BCUT2D eigenvalue weighted by Gasteiger charge is 2.47. The van der Waals surface area contributed by atoms with Gasteiger partial charge in [0.2, 0.25) is 0 Å². The molecule has 258 valence electrons. The maximum atomic E-state index is 6.80. The number of nitrogens with zero attached hydrogens (tertiary/aromatic N) is 1. The van der Waals surface area contributed by atoms with Crippen molar-refractivity contribution in [3.63, 3.8) is 0 Å². The summed E-state index contributed by atoms with van der Waals surface area (Å²) in [7, 11) is 0. The van der Waals surface area contributed by atoms with Crippen molar-refractivity contribution in [2.24, 2.45) is 0 Å². The number of hydrogen-bond donors (Lipinski definition) is 0. The van der Waals surface area contributed by atoms with Gasteiger partial charge < -0.3 is 9.47 Å². The zero-order chi connectivity index (χ0) is 36.3. The molecule has 0 saturated heterocycles. The van der Waals surface area contributed by atoms with Crippen molar-refractivity contribution in [3.05, 3.63) is 223 Å². The molecule has 0 bridgehead atoms. The van der Waals surface area contributed by atoms with Gasteiger partial charge in [-0.15, -0.1) is 0 Å². The number of para-hydroxylation sites is 1. The minimum Gasteiger partial charge on any atom is -0.449 e. The Hall–Kier alpha value is -7.23. The molecule has 0 amide bonds. The molecule has 0 atom stereocenters. The molecule has 0 fully saturated rings. The number of benzene rings is 8. The van der Waals surface area contributed by atoms with E-state index in [1.807, 2.05) is 18.3 Å². The predicted molar refractivity (Wildman–Crippen MR) is 222 cm³/mol. The first-order valence-electron chi connectivity index (χ1n) is 18.7. The first-order chi connectivity index (χ1) is 27.2. The van der Waals surface area contributed by atoms with Crippen LogP contribution in [0.2, 0.25) is 0 Å². The fraction of sp³-hybridized carbons (Fsp3) is 0.0192. The van der Waals surface area contributed by atoms with Crippen LogP contribution >= 0.6 is 0 Å². The van der Waals surface area contributed by atoms with Gasteiger partial charge in [0.15, 0.2) is 23.0 Å². The van der Waals surface area contributed by atoms with E-state index in [2.05, 4.69) is 187 Å². The quantitative estimate of drug-likeness (QED) is 0.179. The monoisotopic (exact) mass is 703 g/mol. The fourth-order valence-corrected chi connectivity index (χ4v) is 8.75. The predicted octanol–water partition coefficient (Wildman–Crippen LogP) is 13.5. The largest absolute Gasteiger partial charge is 0.449 e. The van der Waals surface area contributed by atoms with Crippen molar-refractivity contribution in [1.82, 2.24) is 4.98 Å². The van der Waals surface area contributed by atoms with E-state index in [1.54, 1.807) is 0 Å². The Labute approximate surface area is 319 Å². The number of fused-ring (bicyclic) bond motifs is 6. The topological polar surface area (TPSA) is 31.4 Å². The SMILES string of the molecule is c1ccc(C2(c3ccccc3)c3ccccc3-c3cc4c(cc32)Oc2cc(-c3cccc(-c5ccc(-c6cccc7cccnc67)cc5)c3)ccc2O4)cc1. The third-order valence-corrected chi connectivity index (χ3v) is 11.3. The van der Waals surface area contributed by atoms with Crippen LogP contribution in [0.4, 0.5) is 0 Å². The Morgan fingerprint density at radius 2 is 0.927 bits per heavy atom. The van der Waals surface area contributed by atoms with Crippen molar-refractivity contribution in [2.45, 2.75) is 5.41 Å². The number of rotatable bonds is 5. The van der Waals surface area contributed by atoms with E-state index in [1.165, 1.54) is 27.8 Å². The smallest absolute Gasteiger partial charge is 0.170 e. The molecule has 1 aliphatic carbocycles. The molecule has 55 heavy (non-hydrogen) atoms. The molecule has 11 rings (SSSR count). The van der Waals surface area contributed by atoms with Crippen LogP contribution in [-0.2, 0) is 5.41 Å². The maximum Gasteiger partial charge on any atom is 0.170 e. The summed E-state index contributed by atoms with van der Waals surface area (Å²) in [6.45, 7) is 0. The second-order valence-corrected chi connectivity index (χ2v) is 14.3. The van der Waals surface area contributed by atoms with E-state index in [0.29, 0.717) is 17.2 Å². The van der Waals surface area contributed by atoms with Crippen LogP contribution in [-0.4, -0.2) is 4.98 Å². The van der Waals surface area contributed by atoms with Gasteiger partial charge in [-0.2, -0.15) is 0 Å². The zero-order valence-electron chi connectivity index (χ0n) is 29.8. The molecule has 9 aromatic rings. The van der Waals surface area contributed by atoms with Crippen LogP contribution in [0.1, 0.15) is 22.3 Å². The van der Waals surface area contributed by atoms with Gasteiger partial charge >= 0.3 is 0 Å². The Morgan fingerprint density at radius 3 is 1.73 bits per heavy atom. The van der Waals surface area contributed by atoms with Gasteiger partial charge in [0.25, 0.3) is 0 Å². The summed E-state index contributed by atoms with van der Waals surface area (Å²) in [5.74, 6) is 2.83. The highest BCUT2D eigenvalue weighted by Crippen LogP contribution is 2.59. The lowest BCUT2D eigenvalue weighted by Gasteiger charge is -2.34. The van der Waals surface area contributed by atoms with Crippen molar-refractivity contribution in [3.8, 4) is 67.5 Å². The summed E-state index contributed by atoms with van der Waals surface area (Å²) in [5.41, 5.74) is 14.5. The molecule has 2 aliphatic rings.